The molecule has 0 bridgehead atoms. The van der Waals surface area contributed by atoms with Crippen molar-refractivity contribution in [3.05, 3.63) is 11.9 Å². The predicted octanol–water partition coefficient (Wildman–Crippen LogP) is 1.52. The highest BCUT2D eigenvalue weighted by Gasteiger charge is 2.15. The molecule has 0 aliphatic carbocycles. The van der Waals surface area contributed by atoms with Gasteiger partial charge in [-0.2, -0.15) is 10.4 Å². The van der Waals surface area contributed by atoms with Crippen LogP contribution in [0.25, 0.3) is 0 Å². The number of H-pyrrole nitrogens is 1. The van der Waals surface area contributed by atoms with E-state index >= 15 is 0 Å². The average Bonchev–Trinajstić information content (AvgIpc) is 2.87. The standard InChI is InChI=1S/C12H16N4O2S/c13-5-10-11(6-14-16-10)15-12(17)8-19-7-9-3-1-2-4-18-9/h6,9H,1-4,7-8H2,(H,14,16)(H,15,17). The molecule has 0 saturated carbocycles. The molecule has 7 heteroatoms. The van der Waals surface area contributed by atoms with Crippen molar-refractivity contribution in [2.24, 2.45) is 0 Å². The maximum Gasteiger partial charge on any atom is 0.234 e. The van der Waals surface area contributed by atoms with Crippen LogP contribution in [0.1, 0.15) is 25.0 Å². The first-order valence-corrected chi connectivity index (χ1v) is 7.37. The number of nitrogens with zero attached hydrogens (tertiary/aromatic N) is 2. The van der Waals surface area contributed by atoms with Crippen LogP contribution in [0.4, 0.5) is 5.69 Å². The number of ether oxygens (including phenoxy) is 1. The predicted molar refractivity (Wildman–Crippen MR) is 72.8 cm³/mol. The van der Waals surface area contributed by atoms with Gasteiger partial charge in [-0.15, -0.1) is 11.8 Å². The number of carbonyl (C=O) groups is 1. The number of nitriles is 1. The minimum absolute atomic E-state index is 0.126. The molecule has 0 aromatic carbocycles. The van der Waals surface area contributed by atoms with Crippen LogP contribution in [0.5, 0.6) is 0 Å². The number of nitrogens with one attached hydrogen (secondary N) is 2. The van der Waals surface area contributed by atoms with Crippen LogP contribution < -0.4 is 5.32 Å². The van der Waals surface area contributed by atoms with Crippen molar-refractivity contribution in [2.45, 2.75) is 25.4 Å². The fourth-order valence-electron chi connectivity index (χ4n) is 1.87. The van der Waals surface area contributed by atoms with Gasteiger partial charge in [0, 0.05) is 12.4 Å². The number of thioether (sulfide) groups is 1. The summed E-state index contributed by atoms with van der Waals surface area (Å²) < 4.78 is 5.59. The van der Waals surface area contributed by atoms with Gasteiger partial charge in [0.2, 0.25) is 5.91 Å². The Morgan fingerprint density at radius 2 is 2.58 bits per heavy atom. The first-order valence-electron chi connectivity index (χ1n) is 6.22. The molecule has 2 rings (SSSR count). The third-order valence-corrected chi connectivity index (χ3v) is 3.91. The lowest BCUT2D eigenvalue weighted by atomic mass is 10.1. The van der Waals surface area contributed by atoms with E-state index in [9.17, 15) is 4.79 Å². The third kappa shape index (κ3) is 4.26. The lowest BCUT2D eigenvalue weighted by molar-refractivity contribution is -0.113. The van der Waals surface area contributed by atoms with Gasteiger partial charge in [-0.1, -0.05) is 0 Å². The molecule has 2 N–H and O–H groups in total. The van der Waals surface area contributed by atoms with Crippen molar-refractivity contribution in [3.63, 3.8) is 0 Å². The number of hydrogen-bond donors (Lipinski definition) is 2. The van der Waals surface area contributed by atoms with E-state index < -0.39 is 0 Å². The van der Waals surface area contributed by atoms with Gasteiger partial charge in [0.05, 0.1) is 23.7 Å². The Hall–Kier alpha value is -1.52. The summed E-state index contributed by atoms with van der Waals surface area (Å²) in [5.74, 6) is 1.07. The smallest absolute Gasteiger partial charge is 0.234 e. The zero-order valence-corrected chi connectivity index (χ0v) is 11.3. The van der Waals surface area contributed by atoms with E-state index in [0.717, 1.165) is 25.2 Å². The first kappa shape index (κ1) is 13.9. The number of anilines is 1. The van der Waals surface area contributed by atoms with E-state index in [4.69, 9.17) is 10.00 Å². The molecule has 1 saturated heterocycles. The second-order valence-corrected chi connectivity index (χ2v) is 5.35. The molecule has 19 heavy (non-hydrogen) atoms. The Balaban J connectivity index is 1.68. The second-order valence-electron chi connectivity index (χ2n) is 4.32. The number of hydrogen-bond acceptors (Lipinski definition) is 5. The van der Waals surface area contributed by atoms with Gasteiger partial charge in [-0.05, 0) is 19.3 Å². The van der Waals surface area contributed by atoms with Crippen LogP contribution in [0.15, 0.2) is 6.20 Å². The molecule has 1 aromatic rings. The topological polar surface area (TPSA) is 90.8 Å². The van der Waals surface area contributed by atoms with Crippen molar-refractivity contribution < 1.29 is 9.53 Å². The molecule has 0 radical (unpaired) electrons. The summed E-state index contributed by atoms with van der Waals surface area (Å²) in [5, 5.41) is 17.7. The molecule has 6 nitrogen and oxygen atoms in total. The summed E-state index contributed by atoms with van der Waals surface area (Å²) in [6.07, 6.45) is 5.13. The largest absolute Gasteiger partial charge is 0.377 e. The number of aromatic nitrogens is 2. The zero-order valence-electron chi connectivity index (χ0n) is 10.5. The molecular weight excluding hydrogens is 264 g/mol. The minimum atomic E-state index is -0.126. The highest BCUT2D eigenvalue weighted by atomic mass is 32.2. The fourth-order valence-corrected chi connectivity index (χ4v) is 2.78. The van der Waals surface area contributed by atoms with Crippen molar-refractivity contribution in [1.82, 2.24) is 10.2 Å². The molecule has 1 amide bonds. The number of carbonyl (C=O) groups excluding carboxylic acids is 1. The normalized spacial score (nSPS) is 18.8. The van der Waals surface area contributed by atoms with E-state index in [1.807, 2.05) is 6.07 Å². The summed E-state index contributed by atoms with van der Waals surface area (Å²) in [4.78, 5) is 11.7. The van der Waals surface area contributed by atoms with Crippen LogP contribution >= 0.6 is 11.8 Å². The summed E-state index contributed by atoms with van der Waals surface area (Å²) in [5.41, 5.74) is 0.705. The molecule has 1 atom stereocenters. The van der Waals surface area contributed by atoms with Crippen LogP contribution in [0.2, 0.25) is 0 Å². The van der Waals surface area contributed by atoms with Gasteiger partial charge in [-0.3, -0.25) is 9.89 Å². The Morgan fingerprint density at radius 1 is 1.68 bits per heavy atom. The molecule has 1 fully saturated rings. The summed E-state index contributed by atoms with van der Waals surface area (Å²) >= 11 is 1.55. The highest BCUT2D eigenvalue weighted by molar-refractivity contribution is 8.00. The Kier molecular flexibility index (Phi) is 5.24. The Labute approximate surface area is 115 Å². The van der Waals surface area contributed by atoms with Crippen LogP contribution in [-0.4, -0.2) is 40.3 Å². The third-order valence-electron chi connectivity index (χ3n) is 2.84. The van der Waals surface area contributed by atoms with E-state index in [0.29, 0.717) is 11.4 Å². The van der Waals surface area contributed by atoms with E-state index in [1.54, 1.807) is 11.8 Å². The summed E-state index contributed by atoms with van der Waals surface area (Å²) in [6.45, 7) is 0.831. The average molecular weight is 280 g/mol. The minimum Gasteiger partial charge on any atom is -0.377 e. The maximum atomic E-state index is 11.7. The van der Waals surface area contributed by atoms with Gasteiger partial charge in [0.15, 0.2) is 5.69 Å². The molecular formula is C12H16N4O2S. The van der Waals surface area contributed by atoms with Crippen molar-refractivity contribution in [3.8, 4) is 6.07 Å². The fraction of sp³-hybridized carbons (Fsp3) is 0.583. The molecule has 2 heterocycles. The van der Waals surface area contributed by atoms with Gasteiger partial charge in [0.25, 0.3) is 0 Å². The molecule has 1 aromatic heterocycles. The Bertz CT molecular complexity index is 463. The molecule has 102 valence electrons. The number of amides is 1. The molecule has 1 aliphatic heterocycles. The maximum absolute atomic E-state index is 11.7. The van der Waals surface area contributed by atoms with Crippen LogP contribution in [0.3, 0.4) is 0 Å². The first-order chi connectivity index (χ1) is 9.29. The summed E-state index contributed by atoms with van der Waals surface area (Å²) in [7, 11) is 0. The lowest BCUT2D eigenvalue weighted by Gasteiger charge is -2.21. The van der Waals surface area contributed by atoms with Crippen LogP contribution in [-0.2, 0) is 9.53 Å². The van der Waals surface area contributed by atoms with E-state index in [2.05, 4.69) is 15.5 Å². The lowest BCUT2D eigenvalue weighted by Crippen LogP contribution is -2.23. The van der Waals surface area contributed by atoms with Crippen molar-refractivity contribution in [2.75, 3.05) is 23.4 Å². The van der Waals surface area contributed by atoms with E-state index in [1.165, 1.54) is 12.6 Å². The van der Waals surface area contributed by atoms with Gasteiger partial charge < -0.3 is 10.1 Å². The number of rotatable bonds is 5. The second kappa shape index (κ2) is 7.16. The quantitative estimate of drug-likeness (QED) is 0.853. The van der Waals surface area contributed by atoms with Gasteiger partial charge in [-0.25, -0.2) is 0 Å². The SMILES string of the molecule is N#Cc1[nH]ncc1NC(=O)CSCC1CCCCO1. The monoisotopic (exact) mass is 280 g/mol. The van der Waals surface area contributed by atoms with Gasteiger partial charge in [0.1, 0.15) is 6.07 Å². The van der Waals surface area contributed by atoms with Crippen LogP contribution in [0, 0.1) is 11.3 Å². The Morgan fingerprint density at radius 3 is 3.32 bits per heavy atom. The highest BCUT2D eigenvalue weighted by Crippen LogP contribution is 2.17. The van der Waals surface area contributed by atoms with E-state index in [-0.39, 0.29) is 17.7 Å². The molecule has 1 unspecified atom stereocenters. The zero-order chi connectivity index (χ0) is 13.5. The summed E-state index contributed by atoms with van der Waals surface area (Å²) in [6, 6.07) is 1.93. The van der Waals surface area contributed by atoms with Crippen molar-refractivity contribution >= 4 is 23.4 Å². The number of aromatic amines is 1. The van der Waals surface area contributed by atoms with Crippen molar-refractivity contribution in [1.29, 1.82) is 5.26 Å². The molecule has 1 aliphatic rings. The van der Waals surface area contributed by atoms with Gasteiger partial charge >= 0.3 is 0 Å². The molecule has 0 spiro atoms.